The average molecular weight is 453 g/mol. The molecule has 1 amide bonds. The number of carbonyl (C=O) groups excluding carboxylic acids is 1. The summed E-state index contributed by atoms with van der Waals surface area (Å²) in [5, 5.41) is 4.16. The number of hydrogen-bond donors (Lipinski definition) is 0. The highest BCUT2D eigenvalue weighted by Crippen LogP contribution is 2.42. The number of benzene rings is 2. The van der Waals surface area contributed by atoms with Gasteiger partial charge in [-0.25, -0.2) is 8.78 Å². The first-order valence-corrected chi connectivity index (χ1v) is 11.3. The highest BCUT2D eigenvalue weighted by atomic mass is 19.3. The van der Waals surface area contributed by atoms with Crippen molar-refractivity contribution in [2.24, 2.45) is 7.05 Å². The minimum absolute atomic E-state index is 0.0116. The predicted octanol–water partition coefficient (Wildman–Crippen LogP) is 5.96. The Hall–Kier alpha value is -3.22. The first kappa shape index (κ1) is 23.0. The van der Waals surface area contributed by atoms with Crippen LogP contribution in [0.25, 0.3) is 11.1 Å². The summed E-state index contributed by atoms with van der Waals surface area (Å²) >= 11 is 0. The summed E-state index contributed by atoms with van der Waals surface area (Å²) in [7, 11) is 3.55. The highest BCUT2D eigenvalue weighted by molar-refractivity contribution is 5.93. The van der Waals surface area contributed by atoms with Crippen LogP contribution in [0.3, 0.4) is 0 Å². The summed E-state index contributed by atoms with van der Waals surface area (Å²) < 4.78 is 29.9. The molecule has 0 saturated heterocycles. The van der Waals surface area contributed by atoms with Crippen molar-refractivity contribution in [2.45, 2.75) is 46.5 Å². The summed E-state index contributed by atoms with van der Waals surface area (Å²) in [6, 6.07) is 7.67. The lowest BCUT2D eigenvalue weighted by Crippen LogP contribution is -2.27. The highest BCUT2D eigenvalue weighted by Gasteiger charge is 2.26. The van der Waals surface area contributed by atoms with Gasteiger partial charge in [-0.1, -0.05) is 6.92 Å². The molecule has 7 heteroatoms. The van der Waals surface area contributed by atoms with Crippen molar-refractivity contribution < 1.29 is 13.6 Å². The zero-order valence-electron chi connectivity index (χ0n) is 19.8. The quantitative estimate of drug-likeness (QED) is 0.479. The van der Waals surface area contributed by atoms with Gasteiger partial charge in [0.15, 0.2) is 0 Å². The van der Waals surface area contributed by atoms with E-state index >= 15 is 0 Å². The van der Waals surface area contributed by atoms with Gasteiger partial charge in [0.25, 0.3) is 6.43 Å². The molecule has 5 nitrogen and oxygen atoms in total. The number of amides is 1. The van der Waals surface area contributed by atoms with Gasteiger partial charge in [0.2, 0.25) is 5.91 Å². The molecule has 1 aliphatic rings. The summed E-state index contributed by atoms with van der Waals surface area (Å²) in [5.41, 5.74) is 7.09. The molecule has 2 aromatic carbocycles. The zero-order chi connectivity index (χ0) is 23.9. The molecule has 0 fully saturated rings. The van der Waals surface area contributed by atoms with Crippen LogP contribution in [0.4, 0.5) is 25.8 Å². The molecule has 0 radical (unpaired) electrons. The van der Waals surface area contributed by atoms with Gasteiger partial charge in [-0.3, -0.25) is 9.48 Å². The molecule has 0 atom stereocenters. The minimum atomic E-state index is -2.60. The third-order valence-electron chi connectivity index (χ3n) is 6.62. The van der Waals surface area contributed by atoms with Crippen molar-refractivity contribution in [2.75, 3.05) is 23.4 Å². The Morgan fingerprint density at radius 1 is 1.24 bits per heavy atom. The Kier molecular flexibility index (Phi) is 6.23. The summed E-state index contributed by atoms with van der Waals surface area (Å²) in [6.45, 7) is 6.39. The molecule has 1 aliphatic heterocycles. The molecule has 0 spiro atoms. The maximum absolute atomic E-state index is 14.2. The number of fused-ring (bicyclic) bond motifs is 1. The predicted molar refractivity (Wildman–Crippen MR) is 129 cm³/mol. The van der Waals surface area contributed by atoms with Crippen LogP contribution < -0.4 is 9.80 Å². The second kappa shape index (κ2) is 8.96. The van der Waals surface area contributed by atoms with Crippen molar-refractivity contribution >= 4 is 23.0 Å². The van der Waals surface area contributed by atoms with Gasteiger partial charge in [-0.2, -0.15) is 5.10 Å². The Labute approximate surface area is 193 Å². The lowest BCUT2D eigenvalue weighted by atomic mass is 9.92. The number of alkyl halides is 2. The number of rotatable bonds is 5. The molecule has 33 heavy (non-hydrogen) atoms. The van der Waals surface area contributed by atoms with E-state index in [4.69, 9.17) is 0 Å². The first-order valence-electron chi connectivity index (χ1n) is 11.3. The van der Waals surface area contributed by atoms with Crippen molar-refractivity contribution in [1.82, 2.24) is 9.78 Å². The SMILES string of the molecule is CCc1cc(N2CCCc3cc(-c4cnn(C)c4)c(C(F)F)cc32)cc(N(C)C(C)=O)c1C. The molecule has 3 aromatic rings. The van der Waals surface area contributed by atoms with Gasteiger partial charge in [0, 0.05) is 61.9 Å². The number of hydrogen-bond acceptors (Lipinski definition) is 3. The van der Waals surface area contributed by atoms with Gasteiger partial charge in [-0.05, 0) is 72.7 Å². The van der Waals surface area contributed by atoms with Crippen LogP contribution in [0.5, 0.6) is 0 Å². The second-order valence-electron chi connectivity index (χ2n) is 8.71. The molecule has 0 unspecified atom stereocenters. The van der Waals surface area contributed by atoms with Gasteiger partial charge in [0.1, 0.15) is 0 Å². The maximum Gasteiger partial charge on any atom is 0.264 e. The van der Waals surface area contributed by atoms with Crippen LogP contribution >= 0.6 is 0 Å². The Morgan fingerprint density at radius 3 is 2.61 bits per heavy atom. The number of nitrogens with zero attached hydrogens (tertiary/aromatic N) is 4. The van der Waals surface area contributed by atoms with E-state index in [2.05, 4.69) is 23.0 Å². The van der Waals surface area contributed by atoms with Gasteiger partial charge in [-0.15, -0.1) is 0 Å². The fraction of sp³-hybridized carbons (Fsp3) is 0.385. The van der Waals surface area contributed by atoms with Crippen molar-refractivity contribution in [3.05, 3.63) is 58.9 Å². The number of aromatic nitrogens is 2. The summed E-state index contributed by atoms with van der Waals surface area (Å²) in [5.74, 6) is -0.0440. The van der Waals surface area contributed by atoms with Crippen LogP contribution in [-0.2, 0) is 24.7 Å². The lowest BCUT2D eigenvalue weighted by Gasteiger charge is -2.34. The van der Waals surface area contributed by atoms with Crippen molar-refractivity contribution in [3.63, 3.8) is 0 Å². The van der Waals surface area contributed by atoms with E-state index in [1.165, 1.54) is 0 Å². The van der Waals surface area contributed by atoms with Gasteiger partial charge >= 0.3 is 0 Å². The number of anilines is 3. The van der Waals surface area contributed by atoms with Gasteiger partial charge in [0.05, 0.1) is 6.20 Å². The van der Waals surface area contributed by atoms with E-state index in [0.717, 1.165) is 59.6 Å². The largest absolute Gasteiger partial charge is 0.341 e. The Morgan fingerprint density at radius 2 is 2.00 bits per heavy atom. The molecular weight excluding hydrogens is 422 g/mol. The monoisotopic (exact) mass is 452 g/mol. The van der Waals surface area contributed by atoms with Crippen LogP contribution in [0, 0.1) is 6.92 Å². The smallest absolute Gasteiger partial charge is 0.264 e. The van der Waals surface area contributed by atoms with E-state index in [-0.39, 0.29) is 11.5 Å². The molecule has 0 bridgehead atoms. The van der Waals surface area contributed by atoms with E-state index in [0.29, 0.717) is 11.1 Å². The molecule has 0 N–H and O–H groups in total. The molecule has 0 saturated carbocycles. The van der Waals surface area contributed by atoms with Gasteiger partial charge < -0.3 is 9.80 Å². The third-order valence-corrected chi connectivity index (χ3v) is 6.62. The number of halogens is 2. The number of carbonyl (C=O) groups is 1. The standard InChI is InChI=1S/C26H30F2N4O/c1-6-18-10-21(12-24(16(18)2)31(5)17(3)33)32-9-7-8-19-11-22(20-14-29-30(4)15-20)23(26(27)28)13-25(19)32/h10-15,26H,6-9H2,1-5H3. The van der Waals surface area contributed by atoms with Crippen LogP contribution in [0.1, 0.15) is 48.9 Å². The fourth-order valence-corrected chi connectivity index (χ4v) is 4.69. The molecule has 1 aromatic heterocycles. The third kappa shape index (κ3) is 4.24. The fourth-order valence-electron chi connectivity index (χ4n) is 4.69. The molecular formula is C26H30F2N4O. The topological polar surface area (TPSA) is 41.4 Å². The van der Waals surface area contributed by atoms with Crippen LogP contribution in [0.15, 0.2) is 36.7 Å². The summed E-state index contributed by atoms with van der Waals surface area (Å²) in [4.78, 5) is 15.9. The van der Waals surface area contributed by atoms with E-state index in [1.54, 1.807) is 49.1 Å². The molecule has 174 valence electrons. The zero-order valence-corrected chi connectivity index (χ0v) is 19.8. The Balaban J connectivity index is 1.87. The Bertz CT molecular complexity index is 1200. The van der Waals surface area contributed by atoms with Crippen molar-refractivity contribution in [3.8, 4) is 11.1 Å². The second-order valence-corrected chi connectivity index (χ2v) is 8.71. The summed E-state index contributed by atoms with van der Waals surface area (Å²) in [6.07, 6.45) is 3.37. The number of aryl methyl sites for hydroxylation is 3. The van der Waals surface area contributed by atoms with Crippen LogP contribution in [0.2, 0.25) is 0 Å². The van der Waals surface area contributed by atoms with E-state index < -0.39 is 6.43 Å². The van der Waals surface area contributed by atoms with Crippen LogP contribution in [-0.4, -0.2) is 29.3 Å². The normalized spacial score (nSPS) is 13.4. The van der Waals surface area contributed by atoms with E-state index in [9.17, 15) is 13.6 Å². The molecule has 2 heterocycles. The maximum atomic E-state index is 14.2. The first-order chi connectivity index (χ1) is 15.7. The van der Waals surface area contributed by atoms with Crippen molar-refractivity contribution in [1.29, 1.82) is 0 Å². The minimum Gasteiger partial charge on any atom is -0.341 e. The lowest BCUT2D eigenvalue weighted by molar-refractivity contribution is -0.116. The average Bonchev–Trinajstić information content (AvgIpc) is 3.23. The van der Waals surface area contributed by atoms with E-state index in [1.807, 2.05) is 19.1 Å². The molecule has 0 aliphatic carbocycles. The molecule has 4 rings (SSSR count).